The van der Waals surface area contributed by atoms with Gasteiger partial charge in [-0.05, 0) is 31.1 Å². The van der Waals surface area contributed by atoms with Gasteiger partial charge in [-0.3, -0.25) is 4.99 Å². The van der Waals surface area contributed by atoms with Gasteiger partial charge in [0.05, 0.1) is 0 Å². The Morgan fingerprint density at radius 3 is 2.47 bits per heavy atom. The largest absolute Gasteiger partial charge is 0.356 e. The standard InChI is InChI=1S/C14H29N3/c1-4-5-10-16-14(15-3)17-11-13-8-6-12(2)7-9-13/h12-13H,4-11H2,1-3H3,(H2,15,16,17). The zero-order valence-corrected chi connectivity index (χ0v) is 11.8. The summed E-state index contributed by atoms with van der Waals surface area (Å²) < 4.78 is 0. The number of hydrogen-bond acceptors (Lipinski definition) is 1. The molecule has 100 valence electrons. The lowest BCUT2D eigenvalue weighted by molar-refractivity contribution is 0.289. The van der Waals surface area contributed by atoms with Crippen LogP contribution < -0.4 is 10.6 Å². The van der Waals surface area contributed by atoms with Crippen LogP contribution in [0.2, 0.25) is 0 Å². The molecule has 0 unspecified atom stereocenters. The number of guanidine groups is 1. The zero-order chi connectivity index (χ0) is 12.5. The van der Waals surface area contributed by atoms with E-state index in [2.05, 4.69) is 29.5 Å². The second kappa shape index (κ2) is 8.37. The molecule has 17 heavy (non-hydrogen) atoms. The van der Waals surface area contributed by atoms with Gasteiger partial charge < -0.3 is 10.6 Å². The van der Waals surface area contributed by atoms with E-state index in [1.807, 2.05) is 7.05 Å². The third-order valence-electron chi connectivity index (χ3n) is 3.74. The first-order valence-electron chi connectivity index (χ1n) is 7.20. The van der Waals surface area contributed by atoms with E-state index in [1.54, 1.807) is 0 Å². The van der Waals surface area contributed by atoms with Crippen molar-refractivity contribution in [3.8, 4) is 0 Å². The van der Waals surface area contributed by atoms with E-state index in [1.165, 1.54) is 38.5 Å². The van der Waals surface area contributed by atoms with E-state index in [9.17, 15) is 0 Å². The van der Waals surface area contributed by atoms with Crippen molar-refractivity contribution in [1.29, 1.82) is 0 Å². The Bertz CT molecular complexity index is 218. The van der Waals surface area contributed by atoms with Crippen molar-refractivity contribution in [1.82, 2.24) is 10.6 Å². The van der Waals surface area contributed by atoms with Crippen molar-refractivity contribution < 1.29 is 0 Å². The summed E-state index contributed by atoms with van der Waals surface area (Å²) in [6.45, 7) is 6.69. The highest BCUT2D eigenvalue weighted by atomic mass is 15.2. The first-order valence-corrected chi connectivity index (χ1v) is 7.20. The number of nitrogens with zero attached hydrogens (tertiary/aromatic N) is 1. The number of unbranched alkanes of at least 4 members (excludes halogenated alkanes) is 1. The van der Waals surface area contributed by atoms with Crippen molar-refractivity contribution in [3.05, 3.63) is 0 Å². The summed E-state index contributed by atoms with van der Waals surface area (Å²) >= 11 is 0. The molecule has 0 bridgehead atoms. The van der Waals surface area contributed by atoms with Gasteiger partial charge in [0.1, 0.15) is 0 Å². The number of nitrogens with one attached hydrogen (secondary N) is 2. The van der Waals surface area contributed by atoms with Gasteiger partial charge in [0.25, 0.3) is 0 Å². The highest BCUT2D eigenvalue weighted by Crippen LogP contribution is 2.27. The third-order valence-corrected chi connectivity index (χ3v) is 3.74. The Morgan fingerprint density at radius 2 is 1.88 bits per heavy atom. The van der Waals surface area contributed by atoms with Crippen LogP contribution in [-0.2, 0) is 0 Å². The molecule has 0 aliphatic heterocycles. The summed E-state index contributed by atoms with van der Waals surface area (Å²) in [6.07, 6.45) is 7.98. The predicted octanol–water partition coefficient (Wildman–Crippen LogP) is 2.78. The minimum absolute atomic E-state index is 0.843. The van der Waals surface area contributed by atoms with E-state index < -0.39 is 0 Å². The van der Waals surface area contributed by atoms with E-state index in [0.29, 0.717) is 0 Å². The molecule has 1 rings (SSSR count). The van der Waals surface area contributed by atoms with Crippen LogP contribution in [0.4, 0.5) is 0 Å². The molecule has 1 fully saturated rings. The van der Waals surface area contributed by atoms with Crippen molar-refractivity contribution in [2.24, 2.45) is 16.8 Å². The summed E-state index contributed by atoms with van der Waals surface area (Å²) in [4.78, 5) is 4.25. The summed E-state index contributed by atoms with van der Waals surface area (Å²) in [5.74, 6) is 2.75. The molecule has 0 spiro atoms. The molecule has 1 saturated carbocycles. The molecule has 0 aromatic rings. The maximum Gasteiger partial charge on any atom is 0.190 e. The monoisotopic (exact) mass is 239 g/mol. The van der Waals surface area contributed by atoms with Crippen LogP contribution in [0.1, 0.15) is 52.4 Å². The van der Waals surface area contributed by atoms with Gasteiger partial charge in [-0.2, -0.15) is 0 Å². The first kappa shape index (κ1) is 14.3. The maximum absolute atomic E-state index is 4.25. The average molecular weight is 239 g/mol. The van der Waals surface area contributed by atoms with Crippen LogP contribution in [0.15, 0.2) is 4.99 Å². The van der Waals surface area contributed by atoms with Gasteiger partial charge in [0.2, 0.25) is 0 Å². The fourth-order valence-electron chi connectivity index (χ4n) is 2.38. The second-order valence-electron chi connectivity index (χ2n) is 5.36. The smallest absolute Gasteiger partial charge is 0.190 e. The number of hydrogen-bond donors (Lipinski definition) is 2. The zero-order valence-electron chi connectivity index (χ0n) is 11.8. The van der Waals surface area contributed by atoms with Gasteiger partial charge in [-0.25, -0.2) is 0 Å². The normalized spacial score (nSPS) is 25.7. The number of rotatable bonds is 5. The molecule has 0 aromatic carbocycles. The van der Waals surface area contributed by atoms with Crippen molar-refractivity contribution >= 4 is 5.96 Å². The van der Waals surface area contributed by atoms with Crippen molar-refractivity contribution in [2.45, 2.75) is 52.4 Å². The molecule has 3 nitrogen and oxygen atoms in total. The fourth-order valence-corrected chi connectivity index (χ4v) is 2.38. The van der Waals surface area contributed by atoms with Crippen LogP contribution in [0.5, 0.6) is 0 Å². The Morgan fingerprint density at radius 1 is 1.18 bits per heavy atom. The molecule has 0 amide bonds. The summed E-state index contributed by atoms with van der Waals surface area (Å²) in [7, 11) is 1.85. The van der Waals surface area contributed by atoms with Gasteiger partial charge in [0.15, 0.2) is 5.96 Å². The lowest BCUT2D eigenvalue weighted by Crippen LogP contribution is -2.40. The van der Waals surface area contributed by atoms with Crippen molar-refractivity contribution in [3.63, 3.8) is 0 Å². The summed E-state index contributed by atoms with van der Waals surface area (Å²) in [6, 6.07) is 0. The highest BCUT2D eigenvalue weighted by Gasteiger charge is 2.17. The van der Waals surface area contributed by atoms with Crippen LogP contribution >= 0.6 is 0 Å². The molecular formula is C14H29N3. The lowest BCUT2D eigenvalue weighted by Gasteiger charge is -2.26. The number of aliphatic imine (C=N–C) groups is 1. The highest BCUT2D eigenvalue weighted by molar-refractivity contribution is 5.79. The maximum atomic E-state index is 4.25. The third kappa shape index (κ3) is 5.94. The van der Waals surface area contributed by atoms with Gasteiger partial charge in [0, 0.05) is 20.1 Å². The quantitative estimate of drug-likeness (QED) is 0.440. The van der Waals surface area contributed by atoms with E-state index in [-0.39, 0.29) is 0 Å². The second-order valence-corrected chi connectivity index (χ2v) is 5.36. The molecule has 0 heterocycles. The molecule has 1 aliphatic carbocycles. The van der Waals surface area contributed by atoms with Crippen LogP contribution in [-0.4, -0.2) is 26.1 Å². The Labute approximate surface area is 106 Å². The fraction of sp³-hybridized carbons (Fsp3) is 0.929. The topological polar surface area (TPSA) is 36.4 Å². The average Bonchev–Trinajstić information content (AvgIpc) is 2.35. The first-order chi connectivity index (χ1) is 8.26. The molecular weight excluding hydrogens is 210 g/mol. The molecule has 0 aromatic heterocycles. The molecule has 1 aliphatic rings. The predicted molar refractivity (Wildman–Crippen MR) is 75.4 cm³/mol. The molecule has 2 N–H and O–H groups in total. The van der Waals surface area contributed by atoms with Crippen LogP contribution in [0, 0.1) is 11.8 Å². The van der Waals surface area contributed by atoms with Gasteiger partial charge in [-0.1, -0.05) is 33.1 Å². The Kier molecular flexibility index (Phi) is 7.06. The Hall–Kier alpha value is -0.730. The van der Waals surface area contributed by atoms with Crippen LogP contribution in [0.3, 0.4) is 0 Å². The molecule has 0 atom stereocenters. The molecule has 0 radical (unpaired) electrons. The van der Waals surface area contributed by atoms with Gasteiger partial charge >= 0.3 is 0 Å². The SMILES string of the molecule is CCCCNC(=NC)NCC1CCC(C)CC1. The minimum atomic E-state index is 0.843. The molecule has 0 saturated heterocycles. The Balaban J connectivity index is 2.14. The van der Waals surface area contributed by atoms with Crippen molar-refractivity contribution in [2.75, 3.05) is 20.1 Å². The lowest BCUT2D eigenvalue weighted by atomic mass is 9.83. The van der Waals surface area contributed by atoms with E-state index in [4.69, 9.17) is 0 Å². The minimum Gasteiger partial charge on any atom is -0.356 e. The van der Waals surface area contributed by atoms with Crippen LogP contribution in [0.25, 0.3) is 0 Å². The van der Waals surface area contributed by atoms with E-state index in [0.717, 1.165) is 30.9 Å². The van der Waals surface area contributed by atoms with E-state index >= 15 is 0 Å². The summed E-state index contributed by atoms with van der Waals surface area (Å²) in [5, 5.41) is 6.81. The molecule has 3 heteroatoms. The summed E-state index contributed by atoms with van der Waals surface area (Å²) in [5.41, 5.74) is 0. The van der Waals surface area contributed by atoms with Gasteiger partial charge in [-0.15, -0.1) is 0 Å².